The average molecular weight is 306 g/mol. The van der Waals surface area contributed by atoms with E-state index in [1.165, 1.54) is 0 Å². The molecular weight excluding hydrogens is 288 g/mol. The number of hydrogen-bond acceptors (Lipinski definition) is 4. The van der Waals surface area contributed by atoms with Gasteiger partial charge in [0.25, 0.3) is 0 Å². The van der Waals surface area contributed by atoms with Crippen molar-refractivity contribution < 1.29 is 4.74 Å². The SMILES string of the molecule is COc1ccc(-c2cc(C#N)ccc2N=NN2CCCC2)cc1. The van der Waals surface area contributed by atoms with Gasteiger partial charge in [-0.15, -0.1) is 5.11 Å². The quantitative estimate of drug-likeness (QED) is 0.790. The smallest absolute Gasteiger partial charge is 0.118 e. The first-order valence-electron chi connectivity index (χ1n) is 7.65. The third kappa shape index (κ3) is 3.49. The van der Waals surface area contributed by atoms with Gasteiger partial charge >= 0.3 is 0 Å². The number of nitriles is 1. The number of hydrogen-bond donors (Lipinski definition) is 0. The van der Waals surface area contributed by atoms with Crippen LogP contribution in [0.1, 0.15) is 18.4 Å². The van der Waals surface area contributed by atoms with E-state index in [0.29, 0.717) is 5.56 Å². The Labute approximate surface area is 135 Å². The second-order valence-corrected chi connectivity index (χ2v) is 5.42. The van der Waals surface area contributed by atoms with Crippen LogP contribution in [0.5, 0.6) is 5.75 Å². The number of ether oxygens (including phenoxy) is 1. The molecule has 2 aromatic rings. The predicted octanol–water partition coefficient (Wildman–Crippen LogP) is 4.33. The van der Waals surface area contributed by atoms with Gasteiger partial charge in [-0.3, -0.25) is 5.01 Å². The maximum Gasteiger partial charge on any atom is 0.118 e. The highest BCUT2D eigenvalue weighted by Crippen LogP contribution is 2.32. The van der Waals surface area contributed by atoms with Crippen LogP contribution >= 0.6 is 0 Å². The van der Waals surface area contributed by atoms with Gasteiger partial charge in [0, 0.05) is 18.7 Å². The fraction of sp³-hybridized carbons (Fsp3) is 0.278. The van der Waals surface area contributed by atoms with E-state index in [1.54, 1.807) is 13.2 Å². The summed E-state index contributed by atoms with van der Waals surface area (Å²) in [6.07, 6.45) is 2.33. The van der Waals surface area contributed by atoms with Crippen LogP contribution in [-0.2, 0) is 0 Å². The fourth-order valence-corrected chi connectivity index (χ4v) is 2.60. The van der Waals surface area contributed by atoms with Gasteiger partial charge in [-0.25, -0.2) is 0 Å². The lowest BCUT2D eigenvalue weighted by atomic mass is 10.0. The van der Waals surface area contributed by atoms with Gasteiger partial charge in [-0.1, -0.05) is 17.4 Å². The number of nitrogens with zero attached hydrogens (tertiary/aromatic N) is 4. The zero-order valence-corrected chi connectivity index (χ0v) is 13.1. The van der Waals surface area contributed by atoms with Gasteiger partial charge in [0.15, 0.2) is 0 Å². The Kier molecular flexibility index (Phi) is 4.53. The van der Waals surface area contributed by atoms with E-state index >= 15 is 0 Å². The minimum atomic E-state index is 0.607. The molecule has 23 heavy (non-hydrogen) atoms. The zero-order chi connectivity index (χ0) is 16.1. The van der Waals surface area contributed by atoms with Gasteiger partial charge in [0.2, 0.25) is 0 Å². The summed E-state index contributed by atoms with van der Waals surface area (Å²) < 4.78 is 5.19. The molecule has 5 heteroatoms. The van der Waals surface area contributed by atoms with Crippen LogP contribution in [0.4, 0.5) is 5.69 Å². The summed E-state index contributed by atoms with van der Waals surface area (Å²) in [5, 5.41) is 19.8. The zero-order valence-electron chi connectivity index (χ0n) is 13.1. The summed E-state index contributed by atoms with van der Waals surface area (Å²) in [4.78, 5) is 0. The lowest BCUT2D eigenvalue weighted by Gasteiger charge is -2.10. The number of rotatable bonds is 4. The predicted molar refractivity (Wildman–Crippen MR) is 88.5 cm³/mol. The minimum absolute atomic E-state index is 0.607. The first-order valence-corrected chi connectivity index (χ1v) is 7.65. The van der Waals surface area contributed by atoms with Crippen LogP contribution in [0.2, 0.25) is 0 Å². The van der Waals surface area contributed by atoms with Crippen molar-refractivity contribution >= 4 is 5.69 Å². The van der Waals surface area contributed by atoms with Gasteiger partial charge < -0.3 is 4.74 Å². The first-order chi connectivity index (χ1) is 11.3. The molecule has 0 atom stereocenters. The topological polar surface area (TPSA) is 61.0 Å². The molecule has 0 aliphatic carbocycles. The molecule has 1 aliphatic heterocycles. The third-order valence-corrected chi connectivity index (χ3v) is 3.89. The van der Waals surface area contributed by atoms with Gasteiger partial charge in [-0.2, -0.15) is 5.26 Å². The van der Waals surface area contributed by atoms with E-state index in [1.807, 2.05) is 41.4 Å². The highest BCUT2D eigenvalue weighted by molar-refractivity contribution is 5.77. The monoisotopic (exact) mass is 306 g/mol. The molecule has 0 unspecified atom stereocenters. The molecule has 0 amide bonds. The maximum atomic E-state index is 9.15. The summed E-state index contributed by atoms with van der Waals surface area (Å²) >= 11 is 0. The summed E-state index contributed by atoms with van der Waals surface area (Å²) in [6.45, 7) is 1.91. The summed E-state index contributed by atoms with van der Waals surface area (Å²) in [6, 6.07) is 15.4. The number of benzene rings is 2. The molecule has 3 rings (SSSR count). The first kappa shape index (κ1) is 15.0. The second-order valence-electron chi connectivity index (χ2n) is 5.42. The Morgan fingerprint density at radius 2 is 1.83 bits per heavy atom. The largest absolute Gasteiger partial charge is 0.497 e. The molecule has 1 heterocycles. The Bertz CT molecular complexity index is 741. The van der Waals surface area contributed by atoms with Gasteiger partial charge in [-0.05, 0) is 48.7 Å². The normalized spacial score (nSPS) is 14.2. The van der Waals surface area contributed by atoms with Crippen molar-refractivity contribution in [1.82, 2.24) is 5.01 Å². The molecule has 5 nitrogen and oxygen atoms in total. The van der Waals surface area contributed by atoms with Crippen LogP contribution in [0.3, 0.4) is 0 Å². The Morgan fingerprint density at radius 3 is 2.48 bits per heavy atom. The fourth-order valence-electron chi connectivity index (χ4n) is 2.60. The molecule has 2 aromatic carbocycles. The van der Waals surface area contributed by atoms with E-state index in [0.717, 1.165) is 48.5 Å². The van der Waals surface area contributed by atoms with Gasteiger partial charge in [0.05, 0.1) is 24.4 Å². The molecule has 0 spiro atoms. The summed E-state index contributed by atoms with van der Waals surface area (Å²) in [5.74, 6) is 0.797. The number of methoxy groups -OCH3 is 1. The van der Waals surface area contributed by atoms with E-state index < -0.39 is 0 Å². The molecule has 0 radical (unpaired) electrons. The second kappa shape index (κ2) is 6.93. The average Bonchev–Trinajstić information content (AvgIpc) is 3.13. The van der Waals surface area contributed by atoms with Crippen LogP contribution in [0.25, 0.3) is 11.1 Å². The van der Waals surface area contributed by atoms with Crippen LogP contribution in [-0.4, -0.2) is 25.2 Å². The third-order valence-electron chi connectivity index (χ3n) is 3.89. The van der Waals surface area contributed by atoms with Crippen molar-refractivity contribution in [2.24, 2.45) is 10.3 Å². The van der Waals surface area contributed by atoms with E-state index in [9.17, 15) is 0 Å². The van der Waals surface area contributed by atoms with Crippen molar-refractivity contribution in [1.29, 1.82) is 5.26 Å². The molecule has 0 bridgehead atoms. The molecule has 0 N–H and O–H groups in total. The van der Waals surface area contributed by atoms with E-state index in [4.69, 9.17) is 10.00 Å². The van der Waals surface area contributed by atoms with Crippen molar-refractivity contribution in [3.05, 3.63) is 48.0 Å². The van der Waals surface area contributed by atoms with Crippen LogP contribution in [0, 0.1) is 11.3 Å². The van der Waals surface area contributed by atoms with Crippen molar-refractivity contribution in [3.8, 4) is 22.9 Å². The van der Waals surface area contributed by atoms with Crippen LogP contribution < -0.4 is 4.74 Å². The van der Waals surface area contributed by atoms with Crippen molar-refractivity contribution in [2.75, 3.05) is 20.2 Å². The molecule has 0 aromatic heterocycles. The maximum absolute atomic E-state index is 9.15. The molecule has 1 saturated heterocycles. The Balaban J connectivity index is 1.96. The van der Waals surface area contributed by atoms with E-state index in [-0.39, 0.29) is 0 Å². The molecule has 1 aliphatic rings. The lowest BCUT2D eigenvalue weighted by Crippen LogP contribution is -2.09. The Hall–Kier alpha value is -2.87. The lowest BCUT2D eigenvalue weighted by molar-refractivity contribution is 0.337. The van der Waals surface area contributed by atoms with Gasteiger partial charge in [0.1, 0.15) is 5.75 Å². The molecule has 116 valence electrons. The standard InChI is InChI=1S/C18H18N4O/c1-23-16-7-5-15(6-8-16)17-12-14(13-19)4-9-18(17)20-21-22-10-2-3-11-22/h4-9,12H,2-3,10-11H2,1H3. The molecule has 0 saturated carbocycles. The minimum Gasteiger partial charge on any atom is -0.497 e. The highest BCUT2D eigenvalue weighted by Gasteiger charge is 2.10. The Morgan fingerprint density at radius 1 is 1.09 bits per heavy atom. The van der Waals surface area contributed by atoms with Crippen molar-refractivity contribution in [2.45, 2.75) is 12.8 Å². The molecular formula is C18H18N4O. The summed E-state index contributed by atoms with van der Waals surface area (Å²) in [7, 11) is 1.64. The molecule has 1 fully saturated rings. The van der Waals surface area contributed by atoms with Crippen LogP contribution in [0.15, 0.2) is 52.8 Å². The van der Waals surface area contributed by atoms with E-state index in [2.05, 4.69) is 16.4 Å². The highest BCUT2D eigenvalue weighted by atomic mass is 16.5. The van der Waals surface area contributed by atoms with Crippen molar-refractivity contribution in [3.63, 3.8) is 0 Å². The summed E-state index contributed by atoms with van der Waals surface area (Å²) in [5.41, 5.74) is 3.25.